The first-order chi connectivity index (χ1) is 6.63. The van der Waals surface area contributed by atoms with E-state index in [0.29, 0.717) is 0 Å². The summed E-state index contributed by atoms with van der Waals surface area (Å²) in [4.78, 5) is 10.8. The number of hydrogen-bond donors (Lipinski definition) is 0. The van der Waals surface area contributed by atoms with Gasteiger partial charge in [-0.1, -0.05) is 6.58 Å². The lowest BCUT2D eigenvalue weighted by Gasteiger charge is -2.40. The van der Waals surface area contributed by atoms with Crippen LogP contribution < -0.4 is 0 Å². The second-order valence-corrected chi connectivity index (χ2v) is 4.39. The standard InChI is InChI=1S/C11H18O3/c1-8(2)10-9(3)12-11(14-13-10)6-4-5-7-11/h9-10H,1,4-7H2,2-3H3/t9-,10+/m1/s1. The Kier molecular flexibility index (Phi) is 2.64. The molecule has 1 heterocycles. The minimum Gasteiger partial charge on any atom is -0.341 e. The zero-order chi connectivity index (χ0) is 10.2. The molecule has 2 rings (SSSR count). The van der Waals surface area contributed by atoms with Crippen LogP contribution in [0.3, 0.4) is 0 Å². The van der Waals surface area contributed by atoms with E-state index >= 15 is 0 Å². The van der Waals surface area contributed by atoms with Gasteiger partial charge in [0.2, 0.25) is 5.79 Å². The molecule has 3 heteroatoms. The summed E-state index contributed by atoms with van der Waals surface area (Å²) >= 11 is 0. The molecule has 80 valence electrons. The van der Waals surface area contributed by atoms with Crippen molar-refractivity contribution in [2.24, 2.45) is 0 Å². The molecule has 1 saturated carbocycles. The highest BCUT2D eigenvalue weighted by Gasteiger charge is 2.45. The molecule has 0 bridgehead atoms. The molecule has 0 unspecified atom stereocenters. The second-order valence-electron chi connectivity index (χ2n) is 4.39. The Labute approximate surface area is 85.0 Å². The Hall–Kier alpha value is -0.380. The third kappa shape index (κ3) is 1.72. The van der Waals surface area contributed by atoms with E-state index in [0.717, 1.165) is 31.3 Å². The third-order valence-corrected chi connectivity index (χ3v) is 2.98. The highest BCUT2D eigenvalue weighted by molar-refractivity contribution is 5.02. The van der Waals surface area contributed by atoms with E-state index in [9.17, 15) is 0 Å². The summed E-state index contributed by atoms with van der Waals surface area (Å²) in [5.74, 6) is -0.453. The minimum atomic E-state index is -0.453. The van der Waals surface area contributed by atoms with Gasteiger partial charge < -0.3 is 4.74 Å². The van der Waals surface area contributed by atoms with Crippen LogP contribution in [0.15, 0.2) is 12.2 Å². The van der Waals surface area contributed by atoms with Crippen LogP contribution in [0.1, 0.15) is 39.5 Å². The van der Waals surface area contributed by atoms with Gasteiger partial charge in [0, 0.05) is 12.8 Å². The second kappa shape index (κ2) is 3.65. The summed E-state index contributed by atoms with van der Waals surface area (Å²) < 4.78 is 5.90. The van der Waals surface area contributed by atoms with Crippen molar-refractivity contribution in [2.75, 3.05) is 0 Å². The lowest BCUT2D eigenvalue weighted by Crippen LogP contribution is -2.48. The van der Waals surface area contributed by atoms with Crippen molar-refractivity contribution in [1.29, 1.82) is 0 Å². The molecule has 1 aliphatic heterocycles. The Morgan fingerprint density at radius 3 is 2.50 bits per heavy atom. The maximum Gasteiger partial charge on any atom is 0.201 e. The topological polar surface area (TPSA) is 27.7 Å². The van der Waals surface area contributed by atoms with Crippen LogP contribution in [0.4, 0.5) is 0 Å². The van der Waals surface area contributed by atoms with Crippen molar-refractivity contribution in [3.05, 3.63) is 12.2 Å². The highest BCUT2D eigenvalue weighted by Crippen LogP contribution is 2.40. The van der Waals surface area contributed by atoms with Gasteiger partial charge in [0.25, 0.3) is 0 Å². The van der Waals surface area contributed by atoms with E-state index in [-0.39, 0.29) is 12.2 Å². The van der Waals surface area contributed by atoms with Crippen LogP contribution in [0.25, 0.3) is 0 Å². The van der Waals surface area contributed by atoms with E-state index < -0.39 is 5.79 Å². The molecule has 0 radical (unpaired) electrons. The molecule has 1 saturated heterocycles. The van der Waals surface area contributed by atoms with Gasteiger partial charge in [0.05, 0.1) is 6.10 Å². The summed E-state index contributed by atoms with van der Waals surface area (Å²) in [5.41, 5.74) is 0.949. The molecule has 14 heavy (non-hydrogen) atoms. The molecular formula is C11H18O3. The van der Waals surface area contributed by atoms with Crippen LogP contribution in [-0.2, 0) is 14.5 Å². The van der Waals surface area contributed by atoms with Crippen molar-refractivity contribution >= 4 is 0 Å². The molecular weight excluding hydrogens is 180 g/mol. The lowest BCUT2D eigenvalue weighted by atomic mass is 10.1. The molecule has 1 aliphatic carbocycles. The minimum absolute atomic E-state index is 0.0411. The van der Waals surface area contributed by atoms with E-state index in [2.05, 4.69) is 6.58 Å². The maximum absolute atomic E-state index is 5.90. The zero-order valence-corrected chi connectivity index (χ0v) is 8.91. The molecule has 2 fully saturated rings. The van der Waals surface area contributed by atoms with Crippen molar-refractivity contribution in [1.82, 2.24) is 0 Å². The molecule has 0 N–H and O–H groups in total. The van der Waals surface area contributed by atoms with Gasteiger partial charge in [-0.3, -0.25) is 0 Å². The largest absolute Gasteiger partial charge is 0.341 e. The van der Waals surface area contributed by atoms with Gasteiger partial charge >= 0.3 is 0 Å². The number of ether oxygens (including phenoxy) is 1. The summed E-state index contributed by atoms with van der Waals surface area (Å²) in [5, 5.41) is 0. The van der Waals surface area contributed by atoms with Gasteiger partial charge in [-0.2, -0.15) is 0 Å². The number of hydrogen-bond acceptors (Lipinski definition) is 3. The predicted molar refractivity (Wildman–Crippen MR) is 52.5 cm³/mol. The first-order valence-electron chi connectivity index (χ1n) is 5.31. The Morgan fingerprint density at radius 1 is 1.36 bits per heavy atom. The fraction of sp³-hybridized carbons (Fsp3) is 0.818. The van der Waals surface area contributed by atoms with Gasteiger partial charge in [-0.15, -0.1) is 0 Å². The molecule has 0 aromatic rings. The van der Waals surface area contributed by atoms with E-state index in [1.54, 1.807) is 0 Å². The van der Waals surface area contributed by atoms with Crippen molar-refractivity contribution < 1.29 is 14.5 Å². The molecule has 0 aromatic heterocycles. The average molecular weight is 198 g/mol. The van der Waals surface area contributed by atoms with Crippen molar-refractivity contribution in [2.45, 2.75) is 57.5 Å². The van der Waals surface area contributed by atoms with Crippen LogP contribution >= 0.6 is 0 Å². The summed E-state index contributed by atoms with van der Waals surface area (Å²) in [6.07, 6.45) is 4.13. The summed E-state index contributed by atoms with van der Waals surface area (Å²) in [7, 11) is 0. The molecule has 0 amide bonds. The summed E-state index contributed by atoms with van der Waals surface area (Å²) in [6, 6.07) is 0. The van der Waals surface area contributed by atoms with Crippen LogP contribution in [0.5, 0.6) is 0 Å². The highest BCUT2D eigenvalue weighted by atomic mass is 17.2. The SMILES string of the molecule is C=C(C)[C@@H]1OOC2(CCCC2)O[C@@H]1C. The molecule has 1 spiro atoms. The first-order valence-corrected chi connectivity index (χ1v) is 5.31. The van der Waals surface area contributed by atoms with E-state index in [4.69, 9.17) is 14.5 Å². The lowest BCUT2D eigenvalue weighted by molar-refractivity contribution is -0.492. The van der Waals surface area contributed by atoms with Crippen LogP contribution in [-0.4, -0.2) is 18.0 Å². The Bertz CT molecular complexity index is 231. The van der Waals surface area contributed by atoms with Gasteiger partial charge in [0.1, 0.15) is 6.10 Å². The Balaban J connectivity index is 2.02. The van der Waals surface area contributed by atoms with Crippen molar-refractivity contribution in [3.8, 4) is 0 Å². The molecule has 2 aliphatic rings. The third-order valence-electron chi connectivity index (χ3n) is 2.98. The zero-order valence-electron chi connectivity index (χ0n) is 8.91. The van der Waals surface area contributed by atoms with Gasteiger partial charge in [-0.25, -0.2) is 9.78 Å². The van der Waals surface area contributed by atoms with Gasteiger partial charge in [-0.05, 0) is 32.3 Å². The Morgan fingerprint density at radius 2 is 2.00 bits per heavy atom. The van der Waals surface area contributed by atoms with Crippen LogP contribution in [0.2, 0.25) is 0 Å². The number of rotatable bonds is 1. The summed E-state index contributed by atoms with van der Waals surface area (Å²) in [6.45, 7) is 7.81. The molecule has 2 atom stereocenters. The monoisotopic (exact) mass is 198 g/mol. The fourth-order valence-electron chi connectivity index (χ4n) is 2.24. The molecule has 3 nitrogen and oxygen atoms in total. The quantitative estimate of drug-likeness (QED) is 0.478. The normalized spacial score (nSPS) is 36.1. The predicted octanol–water partition coefficient (Wildman–Crippen LogP) is 2.57. The molecule has 0 aromatic carbocycles. The van der Waals surface area contributed by atoms with Crippen molar-refractivity contribution in [3.63, 3.8) is 0 Å². The van der Waals surface area contributed by atoms with Gasteiger partial charge in [0.15, 0.2) is 0 Å². The maximum atomic E-state index is 5.90. The smallest absolute Gasteiger partial charge is 0.201 e. The van der Waals surface area contributed by atoms with Crippen LogP contribution in [0, 0.1) is 0 Å². The van der Waals surface area contributed by atoms with E-state index in [1.807, 2.05) is 13.8 Å². The van der Waals surface area contributed by atoms with E-state index in [1.165, 1.54) is 0 Å². The average Bonchev–Trinajstić information content (AvgIpc) is 2.52. The first kappa shape index (κ1) is 10.1. The fourth-order valence-corrected chi connectivity index (χ4v) is 2.24.